The van der Waals surface area contributed by atoms with Gasteiger partial charge in [-0.25, -0.2) is 9.97 Å². The van der Waals surface area contributed by atoms with Crippen LogP contribution in [0.25, 0.3) is 11.4 Å². The molecule has 1 saturated heterocycles. The van der Waals surface area contributed by atoms with Crippen LogP contribution in [0.5, 0.6) is 0 Å². The summed E-state index contributed by atoms with van der Waals surface area (Å²) in [7, 11) is 0. The van der Waals surface area contributed by atoms with Gasteiger partial charge in [-0.15, -0.1) is 0 Å². The van der Waals surface area contributed by atoms with Crippen LogP contribution in [-0.4, -0.2) is 58.5 Å². The van der Waals surface area contributed by atoms with Crippen LogP contribution in [0.1, 0.15) is 5.69 Å². The van der Waals surface area contributed by atoms with Crippen LogP contribution in [-0.2, 0) is 4.79 Å². The van der Waals surface area contributed by atoms with Gasteiger partial charge in [-0.2, -0.15) is 0 Å². The highest BCUT2D eigenvalue weighted by Crippen LogP contribution is 2.17. The van der Waals surface area contributed by atoms with Crippen molar-refractivity contribution in [1.29, 1.82) is 0 Å². The van der Waals surface area contributed by atoms with Crippen LogP contribution in [0.3, 0.4) is 0 Å². The Labute approximate surface area is 170 Å². The van der Waals surface area contributed by atoms with Gasteiger partial charge in [-0.05, 0) is 31.2 Å². The van der Waals surface area contributed by atoms with Crippen molar-refractivity contribution in [3.05, 3.63) is 66.6 Å². The van der Waals surface area contributed by atoms with Crippen molar-refractivity contribution in [3.63, 3.8) is 0 Å². The second kappa shape index (κ2) is 8.68. The van der Waals surface area contributed by atoms with Crippen molar-refractivity contribution in [2.45, 2.75) is 6.92 Å². The SMILES string of the molecule is Cc1cc(NCC(=O)N2CCN(c3ccccc3)CC2)nc(-c2cccnc2)n1. The summed E-state index contributed by atoms with van der Waals surface area (Å²) in [5.74, 6) is 1.33. The van der Waals surface area contributed by atoms with Gasteiger partial charge < -0.3 is 15.1 Å². The fourth-order valence-corrected chi connectivity index (χ4v) is 3.41. The molecule has 29 heavy (non-hydrogen) atoms. The molecule has 7 heteroatoms. The Morgan fingerprint density at radius 1 is 1.03 bits per heavy atom. The Kier molecular flexibility index (Phi) is 5.65. The summed E-state index contributed by atoms with van der Waals surface area (Å²) >= 11 is 0. The lowest BCUT2D eigenvalue weighted by Crippen LogP contribution is -2.50. The molecule has 1 aromatic carbocycles. The molecule has 1 aliphatic rings. The molecule has 0 spiro atoms. The molecule has 1 N–H and O–H groups in total. The standard InChI is InChI=1S/C22H24N6O/c1-17-14-20(26-22(25-17)18-6-5-9-23-15-18)24-16-21(29)28-12-10-27(11-13-28)19-7-3-2-4-8-19/h2-9,14-15H,10-13,16H2,1H3,(H,24,25,26). The molecule has 148 valence electrons. The molecular formula is C22H24N6O. The molecule has 0 aliphatic carbocycles. The van der Waals surface area contributed by atoms with Gasteiger partial charge in [0.1, 0.15) is 5.82 Å². The third kappa shape index (κ3) is 4.68. The maximum absolute atomic E-state index is 12.6. The largest absolute Gasteiger partial charge is 0.368 e. The van der Waals surface area contributed by atoms with Crippen molar-refractivity contribution in [2.24, 2.45) is 0 Å². The Hall–Kier alpha value is -3.48. The summed E-state index contributed by atoms with van der Waals surface area (Å²) in [6, 6.07) is 15.9. The normalized spacial score (nSPS) is 14.0. The van der Waals surface area contributed by atoms with Crippen LogP contribution in [0.2, 0.25) is 0 Å². The Morgan fingerprint density at radius 3 is 2.55 bits per heavy atom. The third-order valence-corrected chi connectivity index (χ3v) is 4.95. The molecule has 1 fully saturated rings. The van der Waals surface area contributed by atoms with Gasteiger partial charge in [0.15, 0.2) is 5.82 Å². The number of rotatable bonds is 5. The van der Waals surface area contributed by atoms with E-state index in [0.29, 0.717) is 11.6 Å². The zero-order valence-corrected chi connectivity index (χ0v) is 16.5. The zero-order chi connectivity index (χ0) is 20.1. The lowest BCUT2D eigenvalue weighted by molar-refractivity contribution is -0.129. The summed E-state index contributed by atoms with van der Waals surface area (Å²) in [4.78, 5) is 30.0. The molecule has 3 aromatic rings. The average molecular weight is 388 g/mol. The summed E-state index contributed by atoms with van der Waals surface area (Å²) < 4.78 is 0. The van der Waals surface area contributed by atoms with E-state index < -0.39 is 0 Å². The van der Waals surface area contributed by atoms with Crippen molar-refractivity contribution in [3.8, 4) is 11.4 Å². The first-order valence-corrected chi connectivity index (χ1v) is 9.77. The quantitative estimate of drug-likeness (QED) is 0.724. The molecule has 1 aliphatic heterocycles. The first-order valence-electron chi connectivity index (χ1n) is 9.77. The van der Waals surface area contributed by atoms with Crippen LogP contribution in [0, 0.1) is 6.92 Å². The van der Waals surface area contributed by atoms with E-state index in [9.17, 15) is 4.79 Å². The number of hydrogen-bond donors (Lipinski definition) is 1. The maximum Gasteiger partial charge on any atom is 0.242 e. The second-order valence-electron chi connectivity index (χ2n) is 7.02. The molecular weight excluding hydrogens is 364 g/mol. The lowest BCUT2D eigenvalue weighted by atomic mass is 10.2. The molecule has 2 aromatic heterocycles. The zero-order valence-electron chi connectivity index (χ0n) is 16.5. The fourth-order valence-electron chi connectivity index (χ4n) is 3.41. The Morgan fingerprint density at radius 2 is 1.83 bits per heavy atom. The number of nitrogens with one attached hydrogen (secondary N) is 1. The van der Waals surface area contributed by atoms with E-state index in [2.05, 4.69) is 37.3 Å². The van der Waals surface area contributed by atoms with Gasteiger partial charge in [0, 0.05) is 61.6 Å². The Bertz CT molecular complexity index is 956. The minimum atomic E-state index is 0.0805. The fraction of sp³-hybridized carbons (Fsp3) is 0.273. The minimum Gasteiger partial charge on any atom is -0.368 e. The molecule has 0 saturated carbocycles. The van der Waals surface area contributed by atoms with Gasteiger partial charge in [0.05, 0.1) is 6.54 Å². The first kappa shape index (κ1) is 18.9. The van der Waals surface area contributed by atoms with E-state index in [4.69, 9.17) is 0 Å². The number of benzene rings is 1. The Balaban J connectivity index is 1.34. The predicted octanol–water partition coefficient (Wildman–Crippen LogP) is 2.61. The number of carbonyl (C=O) groups excluding carboxylic acids is 1. The van der Waals surface area contributed by atoms with Gasteiger partial charge >= 0.3 is 0 Å². The molecule has 0 radical (unpaired) electrons. The maximum atomic E-state index is 12.6. The smallest absolute Gasteiger partial charge is 0.242 e. The topological polar surface area (TPSA) is 74.2 Å². The van der Waals surface area contributed by atoms with Crippen molar-refractivity contribution >= 4 is 17.4 Å². The number of amides is 1. The van der Waals surface area contributed by atoms with Gasteiger partial charge in [-0.3, -0.25) is 9.78 Å². The summed E-state index contributed by atoms with van der Waals surface area (Å²) in [6.07, 6.45) is 3.45. The lowest BCUT2D eigenvalue weighted by Gasteiger charge is -2.36. The van der Waals surface area contributed by atoms with E-state index in [-0.39, 0.29) is 12.5 Å². The number of anilines is 2. The van der Waals surface area contributed by atoms with E-state index >= 15 is 0 Å². The monoisotopic (exact) mass is 388 g/mol. The van der Waals surface area contributed by atoms with Gasteiger partial charge in [0.25, 0.3) is 0 Å². The van der Waals surface area contributed by atoms with Crippen LogP contribution >= 0.6 is 0 Å². The van der Waals surface area contributed by atoms with Crippen molar-refractivity contribution < 1.29 is 4.79 Å². The van der Waals surface area contributed by atoms with Crippen LogP contribution in [0.15, 0.2) is 60.9 Å². The van der Waals surface area contributed by atoms with Gasteiger partial charge in [-0.1, -0.05) is 18.2 Å². The molecule has 3 heterocycles. The number of para-hydroxylation sites is 1. The molecule has 1 amide bonds. The molecule has 0 bridgehead atoms. The van der Waals surface area contributed by atoms with E-state index in [0.717, 1.165) is 37.4 Å². The number of nitrogens with zero attached hydrogens (tertiary/aromatic N) is 5. The van der Waals surface area contributed by atoms with Crippen LogP contribution in [0.4, 0.5) is 11.5 Å². The summed E-state index contributed by atoms with van der Waals surface area (Å²) in [5, 5.41) is 3.16. The highest BCUT2D eigenvalue weighted by molar-refractivity contribution is 5.81. The summed E-state index contributed by atoms with van der Waals surface area (Å²) in [6.45, 7) is 5.25. The highest BCUT2D eigenvalue weighted by Gasteiger charge is 2.21. The second-order valence-corrected chi connectivity index (χ2v) is 7.02. The molecule has 0 unspecified atom stereocenters. The van der Waals surface area contributed by atoms with Crippen LogP contribution < -0.4 is 10.2 Å². The predicted molar refractivity (Wildman–Crippen MR) is 114 cm³/mol. The minimum absolute atomic E-state index is 0.0805. The number of piperazine rings is 1. The van der Waals surface area contributed by atoms with Crippen molar-refractivity contribution in [1.82, 2.24) is 19.9 Å². The number of aryl methyl sites for hydroxylation is 1. The number of carbonyl (C=O) groups is 1. The van der Waals surface area contributed by atoms with E-state index in [1.54, 1.807) is 12.4 Å². The molecule has 7 nitrogen and oxygen atoms in total. The number of aromatic nitrogens is 3. The highest BCUT2D eigenvalue weighted by atomic mass is 16.2. The van der Waals surface area contributed by atoms with Crippen molar-refractivity contribution in [2.75, 3.05) is 42.9 Å². The van der Waals surface area contributed by atoms with E-state index in [1.807, 2.05) is 48.2 Å². The first-order chi connectivity index (χ1) is 14.2. The molecule has 4 rings (SSSR count). The molecule has 0 atom stereocenters. The average Bonchev–Trinajstić information content (AvgIpc) is 2.78. The third-order valence-electron chi connectivity index (χ3n) is 4.95. The number of pyridine rings is 1. The van der Waals surface area contributed by atoms with Gasteiger partial charge in [0.2, 0.25) is 5.91 Å². The number of hydrogen-bond acceptors (Lipinski definition) is 6. The van der Waals surface area contributed by atoms with E-state index in [1.165, 1.54) is 5.69 Å². The summed E-state index contributed by atoms with van der Waals surface area (Å²) in [5.41, 5.74) is 2.89.